The quantitative estimate of drug-likeness (QED) is 0.169. The van der Waals surface area contributed by atoms with Crippen LogP contribution in [0.2, 0.25) is 0 Å². The molecule has 2 aromatic heterocycles. The van der Waals surface area contributed by atoms with Gasteiger partial charge in [-0.25, -0.2) is 9.97 Å². The Morgan fingerprint density at radius 1 is 0.281 bits per heavy atom. The molecule has 10 aromatic carbocycles. The van der Waals surface area contributed by atoms with Crippen LogP contribution in [-0.2, 0) is 0 Å². The van der Waals surface area contributed by atoms with Crippen LogP contribution >= 0.6 is 0 Å². The molecule has 0 aliphatic heterocycles. The summed E-state index contributed by atoms with van der Waals surface area (Å²) in [4.78, 5) is 11.0. The molecule has 3 heteroatoms. The molecule has 0 saturated carbocycles. The molecule has 0 unspecified atom stereocenters. The summed E-state index contributed by atoms with van der Waals surface area (Å²) in [6.07, 6.45) is 0. The molecule has 0 N–H and O–H groups in total. The summed E-state index contributed by atoms with van der Waals surface area (Å²) in [5.74, 6) is 0.650. The first-order valence-corrected chi connectivity index (χ1v) is 19.5. The summed E-state index contributed by atoms with van der Waals surface area (Å²) >= 11 is 0. The minimum Gasteiger partial charge on any atom is -0.278 e. The van der Waals surface area contributed by atoms with E-state index in [2.05, 4.69) is 205 Å². The van der Waals surface area contributed by atoms with Gasteiger partial charge in [-0.3, -0.25) is 4.57 Å². The minimum absolute atomic E-state index is 0.650. The van der Waals surface area contributed by atoms with E-state index in [4.69, 9.17) is 9.97 Å². The molecule has 0 amide bonds. The minimum atomic E-state index is 0.650. The highest BCUT2D eigenvalue weighted by atomic mass is 15.2. The molecule has 3 nitrogen and oxygen atoms in total. The third-order valence-corrected chi connectivity index (χ3v) is 11.7. The first kappa shape index (κ1) is 31.7. The van der Waals surface area contributed by atoms with Crippen LogP contribution < -0.4 is 0 Å². The lowest BCUT2D eigenvalue weighted by Crippen LogP contribution is -2.03. The second-order valence-corrected chi connectivity index (χ2v) is 15.0. The number of rotatable bonds is 4. The summed E-state index contributed by atoms with van der Waals surface area (Å²) in [7, 11) is 0. The molecule has 2 heterocycles. The van der Waals surface area contributed by atoms with Gasteiger partial charge in [0, 0.05) is 21.7 Å². The molecule has 0 aliphatic rings. The Bertz CT molecular complexity index is 3580. The third-order valence-electron chi connectivity index (χ3n) is 11.7. The van der Waals surface area contributed by atoms with E-state index in [1.807, 2.05) is 0 Å². The first-order chi connectivity index (χ1) is 28.2. The van der Waals surface area contributed by atoms with E-state index >= 15 is 0 Å². The Hall–Kier alpha value is -7.62. The van der Waals surface area contributed by atoms with Gasteiger partial charge in [0.2, 0.25) is 5.95 Å². The van der Waals surface area contributed by atoms with Crippen LogP contribution in [0.5, 0.6) is 0 Å². The molecule has 0 aliphatic carbocycles. The summed E-state index contributed by atoms with van der Waals surface area (Å²) in [6.45, 7) is 0. The Balaban J connectivity index is 1.14. The Kier molecular flexibility index (Phi) is 6.93. The Labute approximate surface area is 328 Å². The SMILES string of the molecule is c1ccc(-c2ccc3nc(-n4c5ccc(-c6ccc7ccccc7c6)cc5c5cc6ccccc6cc54)nc(-c4ccc5ccc6ccccc6c5c4)c3c2)cc1. The number of benzene rings is 10. The van der Waals surface area contributed by atoms with Gasteiger partial charge < -0.3 is 0 Å². The highest BCUT2D eigenvalue weighted by molar-refractivity contribution is 6.15. The summed E-state index contributed by atoms with van der Waals surface area (Å²) in [5, 5.41) is 13.1. The number of hydrogen-bond acceptors (Lipinski definition) is 2. The van der Waals surface area contributed by atoms with E-state index in [9.17, 15) is 0 Å². The monoisotopic (exact) mass is 723 g/mol. The molecule has 57 heavy (non-hydrogen) atoms. The van der Waals surface area contributed by atoms with Crippen LogP contribution in [0.3, 0.4) is 0 Å². The molecule has 0 atom stereocenters. The smallest absolute Gasteiger partial charge is 0.235 e. The zero-order valence-electron chi connectivity index (χ0n) is 30.9. The molecule has 0 radical (unpaired) electrons. The highest BCUT2D eigenvalue weighted by Crippen LogP contribution is 2.39. The highest BCUT2D eigenvalue weighted by Gasteiger charge is 2.20. The molecule has 12 rings (SSSR count). The molecule has 0 fully saturated rings. The van der Waals surface area contributed by atoms with Gasteiger partial charge in [0.25, 0.3) is 0 Å². The van der Waals surface area contributed by atoms with Gasteiger partial charge in [-0.15, -0.1) is 0 Å². The number of nitrogens with zero attached hydrogens (tertiary/aromatic N) is 3. The van der Waals surface area contributed by atoms with Gasteiger partial charge in [0.15, 0.2) is 0 Å². The van der Waals surface area contributed by atoms with Gasteiger partial charge in [0.05, 0.1) is 22.2 Å². The van der Waals surface area contributed by atoms with Crippen molar-refractivity contribution >= 4 is 75.8 Å². The molecule has 0 spiro atoms. The van der Waals surface area contributed by atoms with Gasteiger partial charge >= 0.3 is 0 Å². The van der Waals surface area contributed by atoms with E-state index in [1.165, 1.54) is 65.0 Å². The standard InChI is InChI=1S/C54H33N3/c1-2-10-34(11-3-1)42-24-26-50-49(31-42)53(44-23-21-37-20-19-36-13-8-9-17-45(36)46(37)32-44)56-54(55-50)57-51-27-25-43(41-22-18-35-12-4-5-14-38(35)28-41)30-47(51)48-29-39-15-6-7-16-40(39)33-52(48)57/h1-33H. The van der Waals surface area contributed by atoms with Crippen molar-refractivity contribution in [2.45, 2.75) is 0 Å². The van der Waals surface area contributed by atoms with Crippen molar-refractivity contribution in [3.05, 3.63) is 200 Å². The number of fused-ring (bicyclic) bond motifs is 9. The van der Waals surface area contributed by atoms with Crippen molar-refractivity contribution in [2.75, 3.05) is 0 Å². The average molecular weight is 724 g/mol. The lowest BCUT2D eigenvalue weighted by Gasteiger charge is -2.14. The van der Waals surface area contributed by atoms with Crippen LogP contribution in [0.1, 0.15) is 0 Å². The van der Waals surface area contributed by atoms with Crippen LogP contribution in [0.25, 0.3) is 115 Å². The molecule has 0 saturated heterocycles. The van der Waals surface area contributed by atoms with E-state index in [0.29, 0.717) is 5.95 Å². The van der Waals surface area contributed by atoms with E-state index < -0.39 is 0 Å². The Morgan fingerprint density at radius 2 is 0.825 bits per heavy atom. The normalized spacial score (nSPS) is 11.9. The zero-order valence-corrected chi connectivity index (χ0v) is 30.9. The summed E-state index contributed by atoms with van der Waals surface area (Å²) in [6, 6.07) is 72.3. The predicted molar refractivity (Wildman–Crippen MR) is 240 cm³/mol. The van der Waals surface area contributed by atoms with Crippen LogP contribution in [0.15, 0.2) is 200 Å². The fourth-order valence-corrected chi connectivity index (χ4v) is 8.87. The fraction of sp³-hybridized carbons (Fsp3) is 0. The first-order valence-electron chi connectivity index (χ1n) is 19.5. The lowest BCUT2D eigenvalue weighted by molar-refractivity contribution is 1.01. The van der Waals surface area contributed by atoms with Gasteiger partial charge in [-0.1, -0.05) is 152 Å². The predicted octanol–water partition coefficient (Wildman–Crippen LogP) is 14.3. The third kappa shape index (κ3) is 5.13. The van der Waals surface area contributed by atoms with E-state index in [-0.39, 0.29) is 0 Å². The van der Waals surface area contributed by atoms with Crippen molar-refractivity contribution in [3.63, 3.8) is 0 Å². The van der Waals surface area contributed by atoms with Crippen molar-refractivity contribution < 1.29 is 0 Å². The van der Waals surface area contributed by atoms with Gasteiger partial charge in [0.1, 0.15) is 0 Å². The van der Waals surface area contributed by atoms with Gasteiger partial charge in [-0.05, 0) is 114 Å². The van der Waals surface area contributed by atoms with Gasteiger partial charge in [-0.2, -0.15) is 0 Å². The van der Waals surface area contributed by atoms with Crippen LogP contribution in [-0.4, -0.2) is 14.5 Å². The molecular weight excluding hydrogens is 691 g/mol. The Morgan fingerprint density at radius 3 is 1.67 bits per heavy atom. The maximum atomic E-state index is 5.58. The fourth-order valence-electron chi connectivity index (χ4n) is 8.87. The second kappa shape index (κ2) is 12.5. The van der Waals surface area contributed by atoms with Crippen LogP contribution in [0.4, 0.5) is 0 Å². The topological polar surface area (TPSA) is 30.7 Å². The number of hydrogen-bond donors (Lipinski definition) is 0. The maximum Gasteiger partial charge on any atom is 0.235 e. The zero-order chi connectivity index (χ0) is 37.5. The molecule has 0 bridgehead atoms. The maximum absolute atomic E-state index is 5.58. The summed E-state index contributed by atoms with van der Waals surface area (Å²) in [5.41, 5.74) is 9.68. The second-order valence-electron chi connectivity index (χ2n) is 15.0. The average Bonchev–Trinajstić information content (AvgIpc) is 3.59. The van der Waals surface area contributed by atoms with E-state index in [0.717, 1.165) is 44.3 Å². The molecular formula is C54H33N3. The van der Waals surface area contributed by atoms with Crippen molar-refractivity contribution in [1.82, 2.24) is 14.5 Å². The van der Waals surface area contributed by atoms with Crippen LogP contribution in [0, 0.1) is 0 Å². The lowest BCUT2D eigenvalue weighted by atomic mass is 9.96. The van der Waals surface area contributed by atoms with Crippen molar-refractivity contribution in [1.29, 1.82) is 0 Å². The largest absolute Gasteiger partial charge is 0.278 e. The van der Waals surface area contributed by atoms with Crippen molar-refractivity contribution in [2.24, 2.45) is 0 Å². The number of aromatic nitrogens is 3. The molecule has 264 valence electrons. The molecule has 12 aromatic rings. The summed E-state index contributed by atoms with van der Waals surface area (Å²) < 4.78 is 2.27. The van der Waals surface area contributed by atoms with E-state index in [1.54, 1.807) is 0 Å². The van der Waals surface area contributed by atoms with Crippen molar-refractivity contribution in [3.8, 4) is 39.5 Å².